The van der Waals surface area contributed by atoms with Crippen molar-refractivity contribution in [2.24, 2.45) is 0 Å². The van der Waals surface area contributed by atoms with Crippen LogP contribution < -0.4 is 15.4 Å². The van der Waals surface area contributed by atoms with Gasteiger partial charge in [-0.1, -0.05) is 0 Å². The Hall–Kier alpha value is -2.63. The molecule has 0 bridgehead atoms. The number of hydrogen-bond donors (Lipinski definition) is 2. The maximum absolute atomic E-state index is 11.8. The van der Waals surface area contributed by atoms with Crippen molar-refractivity contribution >= 4 is 17.7 Å². The molecule has 6 nitrogen and oxygen atoms in total. The first-order valence-electron chi connectivity index (χ1n) is 5.12. The highest BCUT2D eigenvalue weighted by molar-refractivity contribution is 6.16. The lowest BCUT2D eigenvalue weighted by Crippen LogP contribution is -2.22. The molecular weight excluding hydrogens is 236 g/mol. The van der Waals surface area contributed by atoms with E-state index in [0.717, 1.165) is 6.08 Å². The van der Waals surface area contributed by atoms with Crippen LogP contribution in [0.5, 0.6) is 5.75 Å². The fourth-order valence-electron chi connectivity index (χ4n) is 1.45. The Kier molecular flexibility index (Phi) is 3.09. The molecular formula is C12H10N2O4. The number of ketones is 1. The average molecular weight is 246 g/mol. The Morgan fingerprint density at radius 1 is 1.17 bits per heavy atom. The van der Waals surface area contributed by atoms with Gasteiger partial charge < -0.3 is 10.1 Å². The standard InChI is InChI=1S/C12H10N2O4/c1-18-8-4-2-7(3-5-8)10(15)6-9-11(16)14-12(17)13-9/h2-6H,1H3,(H2,13,14,16,17). The zero-order chi connectivity index (χ0) is 13.1. The minimum Gasteiger partial charge on any atom is -0.497 e. The Morgan fingerprint density at radius 2 is 1.83 bits per heavy atom. The van der Waals surface area contributed by atoms with Crippen LogP contribution in [-0.4, -0.2) is 24.8 Å². The normalized spacial score (nSPS) is 16.4. The summed E-state index contributed by atoms with van der Waals surface area (Å²) < 4.78 is 4.97. The van der Waals surface area contributed by atoms with Crippen molar-refractivity contribution in [1.29, 1.82) is 0 Å². The summed E-state index contributed by atoms with van der Waals surface area (Å²) in [6.07, 6.45) is 1.09. The number of urea groups is 1. The molecule has 1 aliphatic rings. The monoisotopic (exact) mass is 246 g/mol. The van der Waals surface area contributed by atoms with Crippen molar-refractivity contribution in [2.45, 2.75) is 0 Å². The van der Waals surface area contributed by atoms with Crippen LogP contribution in [0.1, 0.15) is 10.4 Å². The van der Waals surface area contributed by atoms with Gasteiger partial charge in [0.05, 0.1) is 7.11 Å². The number of carbonyl (C=O) groups is 3. The predicted molar refractivity (Wildman–Crippen MR) is 62.1 cm³/mol. The van der Waals surface area contributed by atoms with Gasteiger partial charge >= 0.3 is 6.03 Å². The van der Waals surface area contributed by atoms with Gasteiger partial charge in [0.15, 0.2) is 5.78 Å². The second-order valence-corrected chi connectivity index (χ2v) is 3.56. The van der Waals surface area contributed by atoms with Gasteiger partial charge in [-0.15, -0.1) is 0 Å². The zero-order valence-electron chi connectivity index (χ0n) is 9.52. The number of methoxy groups -OCH3 is 1. The minimum atomic E-state index is -0.631. The number of carbonyl (C=O) groups excluding carboxylic acids is 3. The van der Waals surface area contributed by atoms with E-state index in [0.29, 0.717) is 11.3 Å². The first-order chi connectivity index (χ1) is 8.60. The Labute approximate surface area is 103 Å². The van der Waals surface area contributed by atoms with E-state index in [2.05, 4.69) is 5.32 Å². The van der Waals surface area contributed by atoms with Crippen LogP contribution in [0, 0.1) is 0 Å². The SMILES string of the molecule is COc1ccc(C(=O)C=C2NC(=O)NC2=O)cc1. The molecule has 1 aromatic rings. The fourth-order valence-corrected chi connectivity index (χ4v) is 1.45. The summed E-state index contributed by atoms with van der Waals surface area (Å²) in [5, 5.41) is 4.26. The molecule has 1 heterocycles. The molecule has 0 aromatic heterocycles. The highest BCUT2D eigenvalue weighted by atomic mass is 16.5. The quantitative estimate of drug-likeness (QED) is 0.464. The second-order valence-electron chi connectivity index (χ2n) is 3.56. The van der Waals surface area contributed by atoms with E-state index in [1.165, 1.54) is 7.11 Å². The number of imide groups is 1. The maximum atomic E-state index is 11.8. The molecule has 1 aliphatic heterocycles. The van der Waals surface area contributed by atoms with Gasteiger partial charge in [0.25, 0.3) is 5.91 Å². The summed E-state index contributed by atoms with van der Waals surface area (Å²) in [5.41, 5.74) is 0.345. The molecule has 18 heavy (non-hydrogen) atoms. The van der Waals surface area contributed by atoms with E-state index < -0.39 is 11.9 Å². The summed E-state index contributed by atoms with van der Waals surface area (Å²) in [7, 11) is 1.53. The Morgan fingerprint density at radius 3 is 2.33 bits per heavy atom. The molecule has 0 unspecified atom stereocenters. The number of benzene rings is 1. The van der Waals surface area contributed by atoms with Gasteiger partial charge in [-0.25, -0.2) is 4.79 Å². The molecule has 1 aromatic carbocycles. The van der Waals surface area contributed by atoms with Crippen LogP contribution in [0.2, 0.25) is 0 Å². The van der Waals surface area contributed by atoms with Crippen LogP contribution >= 0.6 is 0 Å². The number of amides is 3. The number of allylic oxidation sites excluding steroid dienone is 1. The molecule has 0 radical (unpaired) electrons. The highest BCUT2D eigenvalue weighted by Gasteiger charge is 2.23. The number of nitrogens with one attached hydrogen (secondary N) is 2. The molecule has 2 N–H and O–H groups in total. The maximum Gasteiger partial charge on any atom is 0.326 e. The van der Waals surface area contributed by atoms with Gasteiger partial charge in [0.1, 0.15) is 11.4 Å². The molecule has 0 aliphatic carbocycles. The van der Waals surface area contributed by atoms with Crippen LogP contribution in [0.4, 0.5) is 4.79 Å². The molecule has 3 amide bonds. The molecule has 0 spiro atoms. The van der Waals surface area contributed by atoms with E-state index in [1.54, 1.807) is 24.3 Å². The van der Waals surface area contributed by atoms with Crippen molar-refractivity contribution in [1.82, 2.24) is 10.6 Å². The molecule has 92 valence electrons. The largest absolute Gasteiger partial charge is 0.497 e. The fraction of sp³-hybridized carbons (Fsp3) is 0.0833. The van der Waals surface area contributed by atoms with E-state index in [-0.39, 0.29) is 11.5 Å². The summed E-state index contributed by atoms with van der Waals surface area (Å²) in [5.74, 6) is -0.349. The number of hydrogen-bond acceptors (Lipinski definition) is 4. The summed E-state index contributed by atoms with van der Waals surface area (Å²) in [4.78, 5) is 33.9. The first kappa shape index (κ1) is 11.8. The van der Waals surface area contributed by atoms with Crippen molar-refractivity contribution in [2.75, 3.05) is 7.11 Å². The molecule has 6 heteroatoms. The minimum absolute atomic E-state index is 0.0548. The topological polar surface area (TPSA) is 84.5 Å². The second kappa shape index (κ2) is 4.70. The third-order valence-electron chi connectivity index (χ3n) is 2.37. The van der Waals surface area contributed by atoms with Gasteiger partial charge in [-0.2, -0.15) is 0 Å². The van der Waals surface area contributed by atoms with Gasteiger partial charge in [-0.3, -0.25) is 14.9 Å². The highest BCUT2D eigenvalue weighted by Crippen LogP contribution is 2.12. The number of ether oxygens (including phenoxy) is 1. The molecule has 0 atom stereocenters. The molecule has 2 rings (SSSR count). The Balaban J connectivity index is 2.19. The smallest absolute Gasteiger partial charge is 0.326 e. The number of rotatable bonds is 3. The van der Waals surface area contributed by atoms with Crippen LogP contribution in [0.25, 0.3) is 0 Å². The van der Waals surface area contributed by atoms with Crippen LogP contribution in [-0.2, 0) is 4.79 Å². The van der Waals surface area contributed by atoms with Gasteiger partial charge in [-0.05, 0) is 24.3 Å². The van der Waals surface area contributed by atoms with Crippen molar-refractivity contribution in [3.63, 3.8) is 0 Å². The first-order valence-corrected chi connectivity index (χ1v) is 5.12. The van der Waals surface area contributed by atoms with Crippen molar-refractivity contribution in [3.8, 4) is 5.75 Å². The third-order valence-corrected chi connectivity index (χ3v) is 2.37. The average Bonchev–Trinajstić information content (AvgIpc) is 2.68. The zero-order valence-corrected chi connectivity index (χ0v) is 9.52. The lowest BCUT2D eigenvalue weighted by molar-refractivity contribution is -0.115. The van der Waals surface area contributed by atoms with Crippen molar-refractivity contribution in [3.05, 3.63) is 41.6 Å². The van der Waals surface area contributed by atoms with E-state index in [9.17, 15) is 14.4 Å². The Bertz CT molecular complexity index is 546. The van der Waals surface area contributed by atoms with E-state index in [4.69, 9.17) is 4.74 Å². The third kappa shape index (κ3) is 2.37. The lowest BCUT2D eigenvalue weighted by Gasteiger charge is -2.00. The van der Waals surface area contributed by atoms with Crippen molar-refractivity contribution < 1.29 is 19.1 Å². The lowest BCUT2D eigenvalue weighted by atomic mass is 10.1. The summed E-state index contributed by atoms with van der Waals surface area (Å²) in [6, 6.07) is 5.80. The molecule has 0 saturated carbocycles. The summed E-state index contributed by atoms with van der Waals surface area (Å²) in [6.45, 7) is 0. The van der Waals surface area contributed by atoms with Gasteiger partial charge in [0.2, 0.25) is 0 Å². The summed E-state index contributed by atoms with van der Waals surface area (Å²) >= 11 is 0. The van der Waals surface area contributed by atoms with Gasteiger partial charge in [0, 0.05) is 11.6 Å². The van der Waals surface area contributed by atoms with Crippen LogP contribution in [0.15, 0.2) is 36.0 Å². The molecule has 1 fully saturated rings. The van der Waals surface area contributed by atoms with E-state index in [1.807, 2.05) is 5.32 Å². The van der Waals surface area contributed by atoms with Crippen LogP contribution in [0.3, 0.4) is 0 Å². The van der Waals surface area contributed by atoms with E-state index >= 15 is 0 Å². The predicted octanol–water partition coefficient (Wildman–Crippen LogP) is 0.601. The molecule has 1 saturated heterocycles.